The molecule has 3 heteroatoms. The third-order valence-electron chi connectivity index (χ3n) is 1.94. The quantitative estimate of drug-likeness (QED) is 0.753. The minimum atomic E-state index is -0.370. The third-order valence-corrected chi connectivity index (χ3v) is 1.94. The fraction of sp³-hybridized carbons (Fsp3) is 0.500. The number of hydrogen-bond acceptors (Lipinski definition) is 3. The normalized spacial score (nSPS) is 13.2. The Bertz CT molecular complexity index is 236. The predicted octanol–water partition coefficient (Wildman–Crippen LogP) is 1.07. The Morgan fingerprint density at radius 1 is 1.38 bits per heavy atom. The zero-order chi connectivity index (χ0) is 9.68. The van der Waals surface area contributed by atoms with Crippen LogP contribution < -0.4 is 0 Å². The van der Waals surface area contributed by atoms with Crippen LogP contribution in [0.1, 0.15) is 18.1 Å². The Labute approximate surface area is 79.0 Å². The van der Waals surface area contributed by atoms with Crippen LogP contribution in [0.5, 0.6) is 0 Å². The van der Waals surface area contributed by atoms with Gasteiger partial charge in [-0.1, -0.05) is 0 Å². The highest BCUT2D eigenvalue weighted by molar-refractivity contribution is 5.12. The van der Waals surface area contributed by atoms with Crippen molar-refractivity contribution in [1.29, 1.82) is 0 Å². The molecule has 0 radical (unpaired) electrons. The SMILES string of the molecule is CN(C)CC[C@H](O)c1ccncc1. The van der Waals surface area contributed by atoms with Gasteiger partial charge < -0.3 is 10.0 Å². The second-order valence-electron chi connectivity index (χ2n) is 3.39. The Morgan fingerprint density at radius 2 is 2.00 bits per heavy atom. The Morgan fingerprint density at radius 3 is 2.54 bits per heavy atom. The fourth-order valence-corrected chi connectivity index (χ4v) is 1.13. The molecule has 0 fully saturated rings. The van der Waals surface area contributed by atoms with Crippen molar-refractivity contribution in [2.45, 2.75) is 12.5 Å². The zero-order valence-corrected chi connectivity index (χ0v) is 8.14. The van der Waals surface area contributed by atoms with Crippen molar-refractivity contribution in [1.82, 2.24) is 9.88 Å². The van der Waals surface area contributed by atoms with Crippen molar-refractivity contribution in [2.75, 3.05) is 20.6 Å². The van der Waals surface area contributed by atoms with Crippen LogP contribution in [-0.4, -0.2) is 35.6 Å². The van der Waals surface area contributed by atoms with Gasteiger partial charge in [0.05, 0.1) is 6.10 Å². The highest BCUT2D eigenvalue weighted by Gasteiger charge is 2.06. The molecule has 1 N–H and O–H groups in total. The van der Waals surface area contributed by atoms with Crippen LogP contribution in [0, 0.1) is 0 Å². The molecule has 0 aliphatic heterocycles. The molecular formula is C10H16N2O. The molecule has 0 spiro atoms. The average molecular weight is 180 g/mol. The summed E-state index contributed by atoms with van der Waals surface area (Å²) < 4.78 is 0. The van der Waals surface area contributed by atoms with Crippen molar-refractivity contribution < 1.29 is 5.11 Å². The van der Waals surface area contributed by atoms with E-state index in [0.29, 0.717) is 0 Å². The van der Waals surface area contributed by atoms with Gasteiger partial charge in [0.15, 0.2) is 0 Å². The smallest absolute Gasteiger partial charge is 0.0803 e. The molecule has 0 aliphatic rings. The Hall–Kier alpha value is -0.930. The van der Waals surface area contributed by atoms with Crippen LogP contribution in [0.4, 0.5) is 0 Å². The molecule has 0 aromatic carbocycles. The van der Waals surface area contributed by atoms with Crippen LogP contribution in [0.25, 0.3) is 0 Å². The maximum Gasteiger partial charge on any atom is 0.0803 e. The van der Waals surface area contributed by atoms with Gasteiger partial charge in [-0.25, -0.2) is 0 Å². The summed E-state index contributed by atoms with van der Waals surface area (Å²) in [7, 11) is 4.00. The van der Waals surface area contributed by atoms with E-state index in [1.165, 1.54) is 0 Å². The van der Waals surface area contributed by atoms with Crippen LogP contribution in [-0.2, 0) is 0 Å². The van der Waals surface area contributed by atoms with Crippen molar-refractivity contribution >= 4 is 0 Å². The first-order chi connectivity index (χ1) is 6.20. The van der Waals surface area contributed by atoms with E-state index in [1.54, 1.807) is 12.4 Å². The monoisotopic (exact) mass is 180 g/mol. The molecule has 1 heterocycles. The number of pyridine rings is 1. The minimum absolute atomic E-state index is 0.370. The van der Waals surface area contributed by atoms with Gasteiger partial charge in [-0.05, 0) is 38.2 Å². The first-order valence-corrected chi connectivity index (χ1v) is 4.43. The fourth-order valence-electron chi connectivity index (χ4n) is 1.13. The molecule has 0 unspecified atom stereocenters. The first-order valence-electron chi connectivity index (χ1n) is 4.43. The van der Waals surface area contributed by atoms with Crippen LogP contribution >= 0.6 is 0 Å². The molecule has 0 amide bonds. The Kier molecular flexibility index (Phi) is 3.86. The molecule has 1 rings (SSSR count). The number of hydrogen-bond donors (Lipinski definition) is 1. The summed E-state index contributed by atoms with van der Waals surface area (Å²) in [6.07, 6.45) is 3.80. The molecule has 0 saturated heterocycles. The summed E-state index contributed by atoms with van der Waals surface area (Å²) >= 11 is 0. The molecular weight excluding hydrogens is 164 g/mol. The standard InChI is InChI=1S/C10H16N2O/c1-12(2)8-5-10(13)9-3-6-11-7-4-9/h3-4,6-7,10,13H,5,8H2,1-2H3/t10-/m0/s1. The maximum atomic E-state index is 9.71. The van der Waals surface area contributed by atoms with E-state index in [0.717, 1.165) is 18.5 Å². The van der Waals surface area contributed by atoms with Crippen LogP contribution in [0.2, 0.25) is 0 Å². The van der Waals surface area contributed by atoms with Crippen molar-refractivity contribution in [3.05, 3.63) is 30.1 Å². The van der Waals surface area contributed by atoms with E-state index in [4.69, 9.17) is 0 Å². The van der Waals surface area contributed by atoms with Crippen molar-refractivity contribution in [3.8, 4) is 0 Å². The van der Waals surface area contributed by atoms with Gasteiger partial charge in [0.1, 0.15) is 0 Å². The Balaban J connectivity index is 2.44. The van der Waals surface area contributed by atoms with Gasteiger partial charge in [-0.15, -0.1) is 0 Å². The van der Waals surface area contributed by atoms with Crippen molar-refractivity contribution in [2.24, 2.45) is 0 Å². The summed E-state index contributed by atoms with van der Waals surface area (Å²) in [5, 5.41) is 9.71. The van der Waals surface area contributed by atoms with Gasteiger partial charge in [-0.2, -0.15) is 0 Å². The van der Waals surface area contributed by atoms with Crippen LogP contribution in [0.15, 0.2) is 24.5 Å². The molecule has 0 saturated carbocycles. The number of aliphatic hydroxyl groups excluding tert-OH is 1. The lowest BCUT2D eigenvalue weighted by Crippen LogP contribution is -2.15. The van der Waals surface area contributed by atoms with E-state index >= 15 is 0 Å². The van der Waals surface area contributed by atoms with E-state index in [9.17, 15) is 5.11 Å². The maximum absolute atomic E-state index is 9.71. The lowest BCUT2D eigenvalue weighted by Gasteiger charge is -2.14. The summed E-state index contributed by atoms with van der Waals surface area (Å²) in [6, 6.07) is 3.70. The molecule has 0 aliphatic carbocycles. The summed E-state index contributed by atoms with van der Waals surface area (Å²) in [4.78, 5) is 5.96. The average Bonchev–Trinajstić information content (AvgIpc) is 2.15. The minimum Gasteiger partial charge on any atom is -0.388 e. The second-order valence-corrected chi connectivity index (χ2v) is 3.39. The van der Waals surface area contributed by atoms with Gasteiger partial charge in [0.2, 0.25) is 0 Å². The number of aliphatic hydroxyl groups is 1. The zero-order valence-electron chi connectivity index (χ0n) is 8.14. The molecule has 72 valence electrons. The van der Waals surface area contributed by atoms with E-state index in [1.807, 2.05) is 26.2 Å². The summed E-state index contributed by atoms with van der Waals surface area (Å²) in [6.45, 7) is 0.892. The largest absolute Gasteiger partial charge is 0.388 e. The van der Waals surface area contributed by atoms with Crippen molar-refractivity contribution in [3.63, 3.8) is 0 Å². The topological polar surface area (TPSA) is 36.4 Å². The van der Waals surface area contributed by atoms with Gasteiger partial charge in [0, 0.05) is 18.9 Å². The molecule has 1 aromatic heterocycles. The van der Waals surface area contributed by atoms with Gasteiger partial charge >= 0.3 is 0 Å². The summed E-state index contributed by atoms with van der Waals surface area (Å²) in [5.41, 5.74) is 0.942. The highest BCUT2D eigenvalue weighted by atomic mass is 16.3. The highest BCUT2D eigenvalue weighted by Crippen LogP contribution is 2.14. The lowest BCUT2D eigenvalue weighted by atomic mass is 10.1. The number of aromatic nitrogens is 1. The number of rotatable bonds is 4. The molecule has 3 nitrogen and oxygen atoms in total. The summed E-state index contributed by atoms with van der Waals surface area (Å²) in [5.74, 6) is 0. The van der Waals surface area contributed by atoms with Gasteiger partial charge in [0.25, 0.3) is 0 Å². The van der Waals surface area contributed by atoms with E-state index in [-0.39, 0.29) is 6.10 Å². The number of nitrogens with zero attached hydrogens (tertiary/aromatic N) is 2. The third kappa shape index (κ3) is 3.53. The predicted molar refractivity (Wildman–Crippen MR) is 52.4 cm³/mol. The second kappa shape index (κ2) is 4.94. The molecule has 0 bridgehead atoms. The molecule has 1 aromatic rings. The van der Waals surface area contributed by atoms with E-state index in [2.05, 4.69) is 9.88 Å². The van der Waals surface area contributed by atoms with E-state index < -0.39 is 0 Å². The molecule has 13 heavy (non-hydrogen) atoms. The lowest BCUT2D eigenvalue weighted by molar-refractivity contribution is 0.154. The molecule has 1 atom stereocenters. The van der Waals surface area contributed by atoms with Gasteiger partial charge in [-0.3, -0.25) is 4.98 Å². The van der Waals surface area contributed by atoms with Crippen LogP contribution in [0.3, 0.4) is 0 Å². The first kappa shape index (κ1) is 10.2.